The number of hydrogen-bond donors (Lipinski definition) is 1. The van der Waals surface area contributed by atoms with Crippen molar-refractivity contribution in [1.29, 1.82) is 0 Å². The predicted octanol–water partition coefficient (Wildman–Crippen LogP) is 4.75. The maximum atomic E-state index is 12.3. The van der Waals surface area contributed by atoms with E-state index < -0.39 is 10.0 Å². The van der Waals surface area contributed by atoms with Gasteiger partial charge in [-0.1, -0.05) is 40.9 Å². The fourth-order valence-electron chi connectivity index (χ4n) is 2.00. The molecule has 3 rings (SSSR count). The van der Waals surface area contributed by atoms with Crippen molar-refractivity contribution in [3.63, 3.8) is 0 Å². The molecule has 0 aliphatic rings. The lowest BCUT2D eigenvalue weighted by Gasteiger charge is -2.07. The second-order valence-corrected chi connectivity index (χ2v) is 9.23. The average Bonchev–Trinajstić information content (AvgIpc) is 3.12. The summed E-state index contributed by atoms with van der Waals surface area (Å²) in [7, 11) is -3.69. The van der Waals surface area contributed by atoms with Crippen LogP contribution >= 0.6 is 46.1 Å². The van der Waals surface area contributed by atoms with Gasteiger partial charge in [-0.25, -0.2) is 8.42 Å². The SMILES string of the molecule is O=S(=O)(Nc1cnn(Cc2c(Cl)cccc2Cl)c1)c1ccc(Cl)s1. The van der Waals surface area contributed by atoms with Crippen LogP contribution in [0.2, 0.25) is 14.4 Å². The normalized spacial score (nSPS) is 11.6. The Morgan fingerprint density at radius 1 is 1.12 bits per heavy atom. The molecule has 24 heavy (non-hydrogen) atoms. The van der Waals surface area contributed by atoms with Gasteiger partial charge < -0.3 is 0 Å². The van der Waals surface area contributed by atoms with Crippen molar-refractivity contribution in [2.24, 2.45) is 0 Å². The summed E-state index contributed by atoms with van der Waals surface area (Å²) in [5, 5.41) is 5.17. The summed E-state index contributed by atoms with van der Waals surface area (Å²) in [5.41, 5.74) is 1.05. The van der Waals surface area contributed by atoms with Crippen LogP contribution in [0.15, 0.2) is 46.9 Å². The average molecular weight is 423 g/mol. The number of nitrogens with one attached hydrogen (secondary N) is 1. The minimum Gasteiger partial charge on any atom is -0.276 e. The smallest absolute Gasteiger partial charge is 0.271 e. The van der Waals surface area contributed by atoms with Gasteiger partial charge in [0.15, 0.2) is 0 Å². The third-order valence-electron chi connectivity index (χ3n) is 3.08. The lowest BCUT2D eigenvalue weighted by atomic mass is 10.2. The van der Waals surface area contributed by atoms with Gasteiger partial charge in [0.1, 0.15) is 4.21 Å². The zero-order valence-electron chi connectivity index (χ0n) is 11.9. The lowest BCUT2D eigenvalue weighted by molar-refractivity contribution is 0.603. The fraction of sp³-hybridized carbons (Fsp3) is 0.0714. The number of aromatic nitrogens is 2. The predicted molar refractivity (Wildman–Crippen MR) is 97.9 cm³/mol. The molecule has 0 aliphatic heterocycles. The Morgan fingerprint density at radius 2 is 1.83 bits per heavy atom. The Morgan fingerprint density at radius 3 is 2.46 bits per heavy atom. The molecule has 5 nitrogen and oxygen atoms in total. The van der Waals surface area contributed by atoms with E-state index in [1.807, 2.05) is 0 Å². The Labute approximate surface area is 157 Å². The van der Waals surface area contributed by atoms with E-state index in [-0.39, 0.29) is 4.21 Å². The second kappa shape index (κ2) is 6.93. The number of rotatable bonds is 5. The van der Waals surface area contributed by atoms with E-state index in [1.54, 1.807) is 29.1 Å². The van der Waals surface area contributed by atoms with Gasteiger partial charge in [-0.15, -0.1) is 11.3 Å². The van der Waals surface area contributed by atoms with Gasteiger partial charge in [-0.3, -0.25) is 9.40 Å². The molecule has 0 spiro atoms. The van der Waals surface area contributed by atoms with Gasteiger partial charge in [0.05, 0.1) is 22.8 Å². The van der Waals surface area contributed by atoms with Crippen LogP contribution in [-0.4, -0.2) is 18.2 Å². The van der Waals surface area contributed by atoms with Crippen molar-refractivity contribution in [1.82, 2.24) is 9.78 Å². The zero-order chi connectivity index (χ0) is 17.3. The van der Waals surface area contributed by atoms with Crippen LogP contribution in [0.1, 0.15) is 5.56 Å². The maximum absolute atomic E-state index is 12.3. The van der Waals surface area contributed by atoms with E-state index in [1.165, 1.54) is 18.3 Å². The highest BCUT2D eigenvalue weighted by molar-refractivity contribution is 7.94. The highest BCUT2D eigenvalue weighted by Crippen LogP contribution is 2.28. The van der Waals surface area contributed by atoms with Crippen molar-refractivity contribution in [2.75, 3.05) is 4.72 Å². The third-order valence-corrected chi connectivity index (χ3v) is 6.89. The number of anilines is 1. The molecule has 0 saturated heterocycles. The largest absolute Gasteiger partial charge is 0.276 e. The molecule has 0 bridgehead atoms. The van der Waals surface area contributed by atoms with Gasteiger partial charge in [-0.05, 0) is 24.3 Å². The standard InChI is InChI=1S/C14H10Cl3N3O2S2/c15-11-2-1-3-12(16)10(11)8-20-7-9(6-18-20)19-24(21,22)14-5-4-13(17)23-14/h1-7,19H,8H2. The number of nitrogens with zero attached hydrogens (tertiary/aromatic N) is 2. The second-order valence-electron chi connectivity index (χ2n) is 4.79. The summed E-state index contributed by atoms with van der Waals surface area (Å²) >= 11 is 19.0. The topological polar surface area (TPSA) is 64.0 Å². The highest BCUT2D eigenvalue weighted by Gasteiger charge is 2.17. The first-order chi connectivity index (χ1) is 11.3. The fourth-order valence-corrected chi connectivity index (χ4v) is 5.02. The van der Waals surface area contributed by atoms with Crippen molar-refractivity contribution >= 4 is 61.9 Å². The Bertz CT molecular complexity index is 963. The first kappa shape index (κ1) is 17.6. The summed E-state index contributed by atoms with van der Waals surface area (Å²) in [6, 6.07) is 8.20. The lowest BCUT2D eigenvalue weighted by Crippen LogP contribution is -2.10. The quantitative estimate of drug-likeness (QED) is 0.645. The van der Waals surface area contributed by atoms with Crippen LogP contribution < -0.4 is 4.72 Å². The minimum absolute atomic E-state index is 0.134. The molecular formula is C14H10Cl3N3O2S2. The Kier molecular flexibility index (Phi) is 5.08. The molecule has 0 atom stereocenters. The van der Waals surface area contributed by atoms with E-state index >= 15 is 0 Å². The highest BCUT2D eigenvalue weighted by atomic mass is 35.5. The number of benzene rings is 1. The zero-order valence-corrected chi connectivity index (χ0v) is 15.8. The molecule has 1 aromatic carbocycles. The van der Waals surface area contributed by atoms with Crippen LogP contribution in [0.25, 0.3) is 0 Å². The maximum Gasteiger partial charge on any atom is 0.271 e. The van der Waals surface area contributed by atoms with Crippen LogP contribution in [0.4, 0.5) is 5.69 Å². The van der Waals surface area contributed by atoms with Crippen LogP contribution in [0.3, 0.4) is 0 Å². The molecule has 2 aromatic heterocycles. The number of hydrogen-bond acceptors (Lipinski definition) is 4. The summed E-state index contributed by atoms with van der Waals surface area (Å²) in [4.78, 5) is 0. The molecule has 2 heterocycles. The first-order valence-electron chi connectivity index (χ1n) is 6.59. The van der Waals surface area contributed by atoms with Crippen molar-refractivity contribution in [3.05, 3.63) is 62.7 Å². The molecular weight excluding hydrogens is 413 g/mol. The molecule has 0 unspecified atom stereocenters. The van der Waals surface area contributed by atoms with E-state index in [9.17, 15) is 8.42 Å². The minimum atomic E-state index is -3.69. The van der Waals surface area contributed by atoms with Gasteiger partial charge in [0, 0.05) is 21.8 Å². The van der Waals surface area contributed by atoms with Crippen molar-refractivity contribution in [3.8, 4) is 0 Å². The molecule has 10 heteroatoms. The summed E-state index contributed by atoms with van der Waals surface area (Å²) < 4.78 is 29.0. The Balaban J connectivity index is 1.79. The number of sulfonamides is 1. The van der Waals surface area contributed by atoms with E-state index in [2.05, 4.69) is 9.82 Å². The van der Waals surface area contributed by atoms with E-state index in [0.29, 0.717) is 32.2 Å². The van der Waals surface area contributed by atoms with E-state index in [0.717, 1.165) is 11.3 Å². The van der Waals surface area contributed by atoms with E-state index in [4.69, 9.17) is 34.8 Å². The molecule has 0 radical (unpaired) electrons. The number of thiophene rings is 1. The third kappa shape index (κ3) is 3.87. The van der Waals surface area contributed by atoms with Crippen LogP contribution in [-0.2, 0) is 16.6 Å². The summed E-state index contributed by atoms with van der Waals surface area (Å²) in [5.74, 6) is 0. The molecule has 0 aliphatic carbocycles. The molecule has 3 aromatic rings. The van der Waals surface area contributed by atoms with Crippen LogP contribution in [0.5, 0.6) is 0 Å². The monoisotopic (exact) mass is 421 g/mol. The molecule has 0 saturated carbocycles. The van der Waals surface area contributed by atoms with Gasteiger partial charge in [0.2, 0.25) is 0 Å². The van der Waals surface area contributed by atoms with Crippen molar-refractivity contribution < 1.29 is 8.42 Å². The van der Waals surface area contributed by atoms with Crippen molar-refractivity contribution in [2.45, 2.75) is 10.8 Å². The summed E-state index contributed by atoms with van der Waals surface area (Å²) in [6.45, 7) is 0.324. The van der Waals surface area contributed by atoms with Gasteiger partial charge >= 0.3 is 0 Å². The van der Waals surface area contributed by atoms with Crippen LogP contribution in [0, 0.1) is 0 Å². The molecule has 126 valence electrons. The molecule has 0 amide bonds. The molecule has 0 fully saturated rings. The molecule has 1 N–H and O–H groups in total. The van der Waals surface area contributed by atoms with Gasteiger partial charge in [0.25, 0.3) is 10.0 Å². The number of halogens is 3. The first-order valence-corrected chi connectivity index (χ1v) is 10.0. The Hall–Kier alpha value is -1.25. The summed E-state index contributed by atoms with van der Waals surface area (Å²) in [6.07, 6.45) is 2.98. The van der Waals surface area contributed by atoms with Gasteiger partial charge in [-0.2, -0.15) is 5.10 Å².